The highest BCUT2D eigenvalue weighted by Gasteiger charge is 2.37. The highest BCUT2D eigenvalue weighted by Crippen LogP contribution is 2.47. The fraction of sp³-hybridized carbons (Fsp3) is 0.526. The Hall–Kier alpha value is -1.33. The maximum atomic E-state index is 12.7. The van der Waals surface area contributed by atoms with E-state index < -0.39 is 0 Å². The summed E-state index contributed by atoms with van der Waals surface area (Å²) in [7, 11) is 0. The van der Waals surface area contributed by atoms with E-state index in [0.717, 1.165) is 28.3 Å². The van der Waals surface area contributed by atoms with Crippen LogP contribution >= 0.6 is 22.7 Å². The van der Waals surface area contributed by atoms with Crippen molar-refractivity contribution in [1.82, 2.24) is 5.32 Å². The average Bonchev–Trinajstić information content (AvgIpc) is 3.21. The molecule has 2 aromatic heterocycles. The van der Waals surface area contributed by atoms with E-state index in [1.54, 1.807) is 22.7 Å². The number of rotatable bonds is 3. The van der Waals surface area contributed by atoms with Crippen molar-refractivity contribution in [2.75, 3.05) is 5.32 Å². The molecule has 0 fully saturated rings. The van der Waals surface area contributed by atoms with Gasteiger partial charge in [0.05, 0.1) is 5.56 Å². The van der Waals surface area contributed by atoms with Gasteiger partial charge in [-0.15, -0.1) is 22.7 Å². The van der Waals surface area contributed by atoms with Gasteiger partial charge in [0.15, 0.2) is 0 Å². The van der Waals surface area contributed by atoms with Crippen LogP contribution in [0.4, 0.5) is 5.00 Å². The van der Waals surface area contributed by atoms with E-state index >= 15 is 0 Å². The van der Waals surface area contributed by atoms with Crippen LogP contribution in [0.1, 0.15) is 65.5 Å². The van der Waals surface area contributed by atoms with E-state index in [1.807, 2.05) is 6.07 Å². The molecule has 0 saturated heterocycles. The fourth-order valence-corrected chi connectivity index (χ4v) is 5.93. The van der Waals surface area contributed by atoms with Gasteiger partial charge in [0.1, 0.15) is 11.2 Å². The van der Waals surface area contributed by atoms with Gasteiger partial charge in [0.25, 0.3) is 5.91 Å². The molecule has 2 aliphatic rings. The molecule has 0 unspecified atom stereocenters. The summed E-state index contributed by atoms with van der Waals surface area (Å²) in [5, 5.41) is 9.80. The summed E-state index contributed by atoms with van der Waals surface area (Å²) < 4.78 is 0. The third-order valence-electron chi connectivity index (χ3n) is 5.89. The Morgan fingerprint density at radius 3 is 2.88 bits per heavy atom. The van der Waals surface area contributed by atoms with Crippen molar-refractivity contribution in [3.05, 3.63) is 38.4 Å². The first-order chi connectivity index (χ1) is 11.5. The number of carbonyl (C=O) groups excluding carboxylic acids is 1. The van der Waals surface area contributed by atoms with Crippen LogP contribution in [-0.2, 0) is 12.8 Å². The quantitative estimate of drug-likeness (QED) is 0.789. The van der Waals surface area contributed by atoms with Crippen LogP contribution in [0.3, 0.4) is 0 Å². The molecule has 0 saturated carbocycles. The number of anilines is 1. The Morgan fingerprint density at radius 1 is 1.33 bits per heavy atom. The van der Waals surface area contributed by atoms with E-state index in [9.17, 15) is 4.79 Å². The molecular formula is C19H24N2OS2. The minimum Gasteiger partial charge on any atom is -0.352 e. The molecule has 2 atom stereocenters. The molecule has 24 heavy (non-hydrogen) atoms. The Morgan fingerprint density at radius 2 is 2.17 bits per heavy atom. The van der Waals surface area contributed by atoms with Crippen LogP contribution in [0, 0.1) is 11.3 Å². The molecule has 0 radical (unpaired) electrons. The standard InChI is InChI=1S/C19H24N2OS2/c1-4-19(2,3)11-7-8-12-14(10-11)24-18-15(12)17(22)20-16(21-18)13-6-5-9-23-13/h5-6,9,11,16,21H,4,7-8,10H2,1-3H3,(H,20,22)/t11-,16+/m0/s1. The van der Waals surface area contributed by atoms with Crippen molar-refractivity contribution in [3.63, 3.8) is 0 Å². The van der Waals surface area contributed by atoms with Crippen LogP contribution in [0.15, 0.2) is 17.5 Å². The second-order valence-corrected chi connectivity index (χ2v) is 9.64. The van der Waals surface area contributed by atoms with Gasteiger partial charge in [0, 0.05) is 9.75 Å². The van der Waals surface area contributed by atoms with Crippen molar-refractivity contribution in [2.24, 2.45) is 11.3 Å². The molecule has 4 rings (SSSR count). The van der Waals surface area contributed by atoms with Crippen LogP contribution in [0.2, 0.25) is 0 Å². The molecule has 2 aromatic rings. The van der Waals surface area contributed by atoms with Gasteiger partial charge >= 0.3 is 0 Å². The van der Waals surface area contributed by atoms with Crippen molar-refractivity contribution >= 4 is 33.6 Å². The van der Waals surface area contributed by atoms with Gasteiger partial charge in [-0.25, -0.2) is 0 Å². The molecule has 1 aliphatic carbocycles. The normalized spacial score (nSPS) is 23.2. The van der Waals surface area contributed by atoms with Crippen molar-refractivity contribution in [2.45, 2.75) is 52.6 Å². The summed E-state index contributed by atoms with van der Waals surface area (Å²) in [6.07, 6.45) is 4.46. The Labute approximate surface area is 151 Å². The average molecular weight is 361 g/mol. The third-order valence-corrected chi connectivity index (χ3v) is 8.01. The Balaban J connectivity index is 1.64. The van der Waals surface area contributed by atoms with Gasteiger partial charge < -0.3 is 10.6 Å². The van der Waals surface area contributed by atoms with Gasteiger partial charge in [0.2, 0.25) is 0 Å². The first-order valence-corrected chi connectivity index (χ1v) is 10.4. The minimum atomic E-state index is -0.0898. The second kappa shape index (κ2) is 5.88. The first kappa shape index (κ1) is 16.2. The summed E-state index contributed by atoms with van der Waals surface area (Å²) in [4.78, 5) is 15.3. The van der Waals surface area contributed by atoms with Crippen molar-refractivity contribution in [3.8, 4) is 0 Å². The highest BCUT2D eigenvalue weighted by molar-refractivity contribution is 7.16. The zero-order valence-corrected chi connectivity index (χ0v) is 16.1. The van der Waals surface area contributed by atoms with Gasteiger partial charge in [-0.3, -0.25) is 4.79 Å². The number of hydrogen-bond acceptors (Lipinski definition) is 4. The van der Waals surface area contributed by atoms with Gasteiger partial charge in [-0.1, -0.05) is 33.3 Å². The largest absolute Gasteiger partial charge is 0.352 e. The number of amides is 1. The summed E-state index contributed by atoms with van der Waals surface area (Å²) in [6.45, 7) is 7.05. The van der Waals surface area contributed by atoms with E-state index in [2.05, 4.69) is 42.9 Å². The molecule has 1 aliphatic heterocycles. The number of hydrogen-bond donors (Lipinski definition) is 2. The van der Waals surface area contributed by atoms with Gasteiger partial charge in [-0.2, -0.15) is 0 Å². The lowest BCUT2D eigenvalue weighted by atomic mass is 9.69. The lowest BCUT2D eigenvalue weighted by molar-refractivity contribution is 0.0935. The zero-order valence-electron chi connectivity index (χ0n) is 14.4. The van der Waals surface area contributed by atoms with Crippen molar-refractivity contribution in [1.29, 1.82) is 0 Å². The number of carbonyl (C=O) groups is 1. The predicted octanol–water partition coefficient (Wildman–Crippen LogP) is 5.20. The Bertz CT molecular complexity index is 761. The lowest BCUT2D eigenvalue weighted by Crippen LogP contribution is -2.38. The predicted molar refractivity (Wildman–Crippen MR) is 102 cm³/mol. The summed E-state index contributed by atoms with van der Waals surface area (Å²) in [6, 6.07) is 4.10. The molecule has 3 heterocycles. The molecule has 3 nitrogen and oxygen atoms in total. The highest BCUT2D eigenvalue weighted by atomic mass is 32.1. The third kappa shape index (κ3) is 2.58. The minimum absolute atomic E-state index is 0.0898. The van der Waals surface area contributed by atoms with Crippen LogP contribution in [0.25, 0.3) is 0 Å². The maximum Gasteiger partial charge on any atom is 0.256 e. The lowest BCUT2D eigenvalue weighted by Gasteiger charge is -2.36. The van der Waals surface area contributed by atoms with E-state index in [-0.39, 0.29) is 12.1 Å². The van der Waals surface area contributed by atoms with Crippen LogP contribution < -0.4 is 10.6 Å². The number of nitrogens with one attached hydrogen (secondary N) is 2. The number of fused-ring (bicyclic) bond motifs is 3. The summed E-state index contributed by atoms with van der Waals surface area (Å²) >= 11 is 3.48. The van der Waals surface area contributed by atoms with Crippen molar-refractivity contribution < 1.29 is 4.79 Å². The molecule has 0 aromatic carbocycles. The zero-order chi connectivity index (χ0) is 16.9. The smallest absolute Gasteiger partial charge is 0.256 e. The molecule has 1 amide bonds. The summed E-state index contributed by atoms with van der Waals surface area (Å²) in [5.41, 5.74) is 2.58. The van der Waals surface area contributed by atoms with Crippen LogP contribution in [0.5, 0.6) is 0 Å². The molecule has 0 bridgehead atoms. The van der Waals surface area contributed by atoms with Gasteiger partial charge in [-0.05, 0) is 47.6 Å². The topological polar surface area (TPSA) is 41.1 Å². The Kier molecular flexibility index (Phi) is 3.96. The molecule has 5 heteroatoms. The van der Waals surface area contributed by atoms with E-state index in [4.69, 9.17) is 0 Å². The second-order valence-electron chi connectivity index (χ2n) is 7.56. The molecular weight excluding hydrogens is 336 g/mol. The maximum absolute atomic E-state index is 12.7. The summed E-state index contributed by atoms with van der Waals surface area (Å²) in [5.74, 6) is 0.805. The SMILES string of the molecule is CCC(C)(C)[C@H]1CCc2c(sc3c2C(=O)N[C@@H](c2cccs2)N3)C1. The van der Waals surface area contributed by atoms with E-state index in [0.29, 0.717) is 11.3 Å². The fourth-order valence-electron chi connectivity index (χ4n) is 3.85. The number of thiophene rings is 2. The van der Waals surface area contributed by atoms with E-state index in [1.165, 1.54) is 23.3 Å². The van der Waals surface area contributed by atoms with Crippen LogP contribution in [-0.4, -0.2) is 5.91 Å². The first-order valence-electron chi connectivity index (χ1n) is 8.75. The molecule has 128 valence electrons. The molecule has 0 spiro atoms. The monoisotopic (exact) mass is 360 g/mol. The molecule has 2 N–H and O–H groups in total.